The van der Waals surface area contributed by atoms with Gasteiger partial charge >= 0.3 is 0 Å². The molecule has 0 radical (unpaired) electrons. The summed E-state index contributed by atoms with van der Waals surface area (Å²) in [5, 5.41) is 1.02. The van der Waals surface area contributed by atoms with Crippen molar-refractivity contribution in [3.63, 3.8) is 0 Å². The van der Waals surface area contributed by atoms with E-state index in [-0.39, 0.29) is 11.8 Å². The largest absolute Gasteiger partial charge is 0.399 e. The highest BCUT2D eigenvalue weighted by atomic mass is 16.5. The van der Waals surface area contributed by atoms with E-state index in [1.54, 1.807) is 11.7 Å². The Labute approximate surface area is 118 Å². The standard InChI is InChI=1S/C16H20N2O2/c1-20-14-5-2-11(3-6-14)16(19)18-9-8-12-10-13(17)4-7-15(12)18/h4,7-11,14H,2-3,5-6,17H2,1H3. The number of methoxy groups -OCH3 is 1. The summed E-state index contributed by atoms with van der Waals surface area (Å²) in [5.74, 6) is 0.300. The van der Waals surface area contributed by atoms with Crippen molar-refractivity contribution in [2.45, 2.75) is 31.8 Å². The number of nitrogen functional groups attached to an aromatic ring is 1. The number of carbonyl (C=O) groups excluding carboxylic acids is 1. The molecule has 0 amide bonds. The topological polar surface area (TPSA) is 57.2 Å². The number of carbonyl (C=O) groups is 1. The van der Waals surface area contributed by atoms with Crippen LogP contribution in [0, 0.1) is 5.92 Å². The third kappa shape index (κ3) is 2.31. The normalized spacial score (nSPS) is 23.1. The van der Waals surface area contributed by atoms with Crippen LogP contribution in [-0.4, -0.2) is 23.7 Å². The first-order valence-electron chi connectivity index (χ1n) is 7.12. The summed E-state index contributed by atoms with van der Waals surface area (Å²) in [4.78, 5) is 12.6. The average Bonchev–Trinajstić information content (AvgIpc) is 2.89. The van der Waals surface area contributed by atoms with Crippen molar-refractivity contribution in [1.29, 1.82) is 0 Å². The van der Waals surface area contributed by atoms with Crippen LogP contribution in [0.5, 0.6) is 0 Å². The quantitative estimate of drug-likeness (QED) is 0.855. The number of nitrogens with zero attached hydrogens (tertiary/aromatic N) is 1. The number of hydrogen-bond donors (Lipinski definition) is 1. The highest BCUT2D eigenvalue weighted by molar-refractivity contribution is 5.94. The van der Waals surface area contributed by atoms with Crippen molar-refractivity contribution in [2.75, 3.05) is 12.8 Å². The molecule has 106 valence electrons. The average molecular weight is 272 g/mol. The molecule has 4 heteroatoms. The first-order valence-corrected chi connectivity index (χ1v) is 7.12. The molecule has 3 rings (SSSR count). The van der Waals surface area contributed by atoms with Gasteiger partial charge in [-0.25, -0.2) is 0 Å². The van der Waals surface area contributed by atoms with E-state index in [1.807, 2.05) is 30.5 Å². The predicted octanol–water partition coefficient (Wildman–Crippen LogP) is 3.07. The van der Waals surface area contributed by atoms with Crippen LogP contribution < -0.4 is 5.73 Å². The summed E-state index contributed by atoms with van der Waals surface area (Å²) >= 11 is 0. The number of rotatable bonds is 2. The molecule has 4 nitrogen and oxygen atoms in total. The van der Waals surface area contributed by atoms with E-state index in [0.29, 0.717) is 6.10 Å². The van der Waals surface area contributed by atoms with Gasteiger partial charge in [0.1, 0.15) is 0 Å². The Balaban J connectivity index is 1.82. The van der Waals surface area contributed by atoms with Gasteiger partial charge in [0.25, 0.3) is 0 Å². The van der Waals surface area contributed by atoms with Gasteiger partial charge in [-0.05, 0) is 49.9 Å². The molecule has 0 bridgehead atoms. The number of aromatic nitrogens is 1. The fourth-order valence-electron chi connectivity index (χ4n) is 3.10. The van der Waals surface area contributed by atoms with Crippen LogP contribution in [0.15, 0.2) is 30.5 Å². The second-order valence-electron chi connectivity index (χ2n) is 5.55. The summed E-state index contributed by atoms with van der Waals surface area (Å²) in [6, 6.07) is 7.61. The summed E-state index contributed by atoms with van der Waals surface area (Å²) in [7, 11) is 1.75. The molecule has 20 heavy (non-hydrogen) atoms. The Morgan fingerprint density at radius 1 is 1.25 bits per heavy atom. The lowest BCUT2D eigenvalue weighted by molar-refractivity contribution is 0.0484. The molecular formula is C16H20N2O2. The lowest BCUT2D eigenvalue weighted by Crippen LogP contribution is -2.28. The Kier molecular flexibility index (Phi) is 3.49. The highest BCUT2D eigenvalue weighted by Gasteiger charge is 2.27. The van der Waals surface area contributed by atoms with E-state index in [0.717, 1.165) is 42.3 Å². The minimum Gasteiger partial charge on any atom is -0.399 e. The zero-order valence-corrected chi connectivity index (χ0v) is 11.7. The molecule has 0 saturated heterocycles. The van der Waals surface area contributed by atoms with E-state index < -0.39 is 0 Å². The van der Waals surface area contributed by atoms with Gasteiger partial charge in [0.15, 0.2) is 0 Å². The molecule has 1 aromatic heterocycles. The van der Waals surface area contributed by atoms with Crippen molar-refractivity contribution in [3.05, 3.63) is 30.5 Å². The first kappa shape index (κ1) is 13.2. The maximum Gasteiger partial charge on any atom is 0.234 e. The zero-order valence-electron chi connectivity index (χ0n) is 11.7. The maximum atomic E-state index is 12.6. The van der Waals surface area contributed by atoms with Gasteiger partial charge in [0, 0.05) is 30.3 Å². The number of hydrogen-bond acceptors (Lipinski definition) is 3. The number of nitrogens with two attached hydrogens (primary N) is 1. The lowest BCUT2D eigenvalue weighted by Gasteiger charge is -2.26. The van der Waals surface area contributed by atoms with Gasteiger partial charge < -0.3 is 10.5 Å². The number of benzene rings is 1. The van der Waals surface area contributed by atoms with E-state index in [4.69, 9.17) is 10.5 Å². The number of fused-ring (bicyclic) bond motifs is 1. The van der Waals surface area contributed by atoms with E-state index in [1.165, 1.54) is 0 Å². The van der Waals surface area contributed by atoms with E-state index >= 15 is 0 Å². The monoisotopic (exact) mass is 272 g/mol. The molecule has 1 fully saturated rings. The molecule has 0 aliphatic heterocycles. The molecule has 0 spiro atoms. The fraction of sp³-hybridized carbons (Fsp3) is 0.438. The highest BCUT2D eigenvalue weighted by Crippen LogP contribution is 2.29. The molecule has 2 aromatic rings. The van der Waals surface area contributed by atoms with Crippen molar-refractivity contribution < 1.29 is 9.53 Å². The molecule has 1 aromatic carbocycles. The van der Waals surface area contributed by atoms with Crippen molar-refractivity contribution >= 4 is 22.5 Å². The summed E-state index contributed by atoms with van der Waals surface area (Å²) in [5.41, 5.74) is 7.44. The van der Waals surface area contributed by atoms with Crippen LogP contribution in [0.4, 0.5) is 5.69 Å². The molecular weight excluding hydrogens is 252 g/mol. The van der Waals surface area contributed by atoms with E-state index in [9.17, 15) is 4.79 Å². The van der Waals surface area contributed by atoms with Crippen LogP contribution in [0.3, 0.4) is 0 Å². The third-order valence-corrected chi connectivity index (χ3v) is 4.31. The number of ether oxygens (including phenoxy) is 1. The van der Waals surface area contributed by atoms with Gasteiger partial charge in [0.2, 0.25) is 5.91 Å². The second-order valence-corrected chi connectivity index (χ2v) is 5.55. The summed E-state index contributed by atoms with van der Waals surface area (Å²) in [6.45, 7) is 0. The van der Waals surface area contributed by atoms with Gasteiger partial charge in [0.05, 0.1) is 11.6 Å². The molecule has 1 aliphatic carbocycles. The Bertz CT molecular complexity index is 624. The smallest absolute Gasteiger partial charge is 0.234 e. The zero-order chi connectivity index (χ0) is 14.1. The first-order chi connectivity index (χ1) is 9.69. The van der Waals surface area contributed by atoms with Gasteiger partial charge in [-0.2, -0.15) is 0 Å². The number of anilines is 1. The van der Waals surface area contributed by atoms with Crippen molar-refractivity contribution in [3.8, 4) is 0 Å². The van der Waals surface area contributed by atoms with Crippen LogP contribution in [0.2, 0.25) is 0 Å². The third-order valence-electron chi connectivity index (χ3n) is 4.31. The molecule has 1 aliphatic rings. The molecule has 0 unspecified atom stereocenters. The Morgan fingerprint density at radius 3 is 2.70 bits per heavy atom. The fourth-order valence-corrected chi connectivity index (χ4v) is 3.10. The molecule has 0 atom stereocenters. The maximum absolute atomic E-state index is 12.6. The van der Waals surface area contributed by atoms with Crippen molar-refractivity contribution in [2.24, 2.45) is 5.92 Å². The minimum atomic E-state index is 0.106. The van der Waals surface area contributed by atoms with Gasteiger partial charge in [-0.15, -0.1) is 0 Å². The summed E-state index contributed by atoms with van der Waals surface area (Å²) < 4.78 is 7.13. The lowest BCUT2D eigenvalue weighted by atomic mass is 9.86. The molecule has 1 heterocycles. The Hall–Kier alpha value is -1.81. The minimum absolute atomic E-state index is 0.106. The molecule has 1 saturated carbocycles. The van der Waals surface area contributed by atoms with Crippen molar-refractivity contribution in [1.82, 2.24) is 4.57 Å². The Morgan fingerprint density at radius 2 is 2.00 bits per heavy atom. The molecule has 2 N–H and O–H groups in total. The van der Waals surface area contributed by atoms with Crippen LogP contribution in [0.25, 0.3) is 10.9 Å². The van der Waals surface area contributed by atoms with Crippen LogP contribution in [-0.2, 0) is 4.74 Å². The SMILES string of the molecule is COC1CCC(C(=O)n2ccc3cc(N)ccc32)CC1. The van der Waals surface area contributed by atoms with Gasteiger partial charge in [-0.1, -0.05) is 0 Å². The van der Waals surface area contributed by atoms with Gasteiger partial charge in [-0.3, -0.25) is 9.36 Å². The van der Waals surface area contributed by atoms with Crippen LogP contribution >= 0.6 is 0 Å². The summed E-state index contributed by atoms with van der Waals surface area (Å²) in [6.07, 6.45) is 5.94. The van der Waals surface area contributed by atoms with E-state index in [2.05, 4.69) is 0 Å². The predicted molar refractivity (Wildman–Crippen MR) is 79.7 cm³/mol. The second kappa shape index (κ2) is 5.29. The van der Waals surface area contributed by atoms with Crippen LogP contribution in [0.1, 0.15) is 30.5 Å².